The van der Waals surface area contributed by atoms with Crippen LogP contribution in [0.3, 0.4) is 0 Å². The van der Waals surface area contributed by atoms with Crippen LogP contribution in [0.25, 0.3) is 11.4 Å². The van der Waals surface area contributed by atoms with Crippen molar-refractivity contribution in [2.24, 2.45) is 0 Å². The first-order chi connectivity index (χ1) is 13.4. The molecule has 0 aliphatic heterocycles. The molecule has 0 aliphatic rings. The molecule has 3 aromatic rings. The van der Waals surface area contributed by atoms with E-state index in [4.69, 9.17) is 16.3 Å². The minimum absolute atomic E-state index is 0.115. The predicted molar refractivity (Wildman–Crippen MR) is 96.5 cm³/mol. The van der Waals surface area contributed by atoms with Crippen molar-refractivity contribution in [1.29, 1.82) is 0 Å². The highest BCUT2D eigenvalue weighted by atomic mass is 35.5. The summed E-state index contributed by atoms with van der Waals surface area (Å²) in [6.07, 6.45) is 0. The highest BCUT2D eigenvalue weighted by molar-refractivity contribution is 6.30. The predicted octanol–water partition coefficient (Wildman–Crippen LogP) is 3.24. The van der Waals surface area contributed by atoms with Gasteiger partial charge < -0.3 is 14.8 Å². The molecule has 0 aliphatic carbocycles. The standard InChI is InChI=1S/C17H14ClF2N5O3/c1-27-13-7-6-12(8-14(13)28-17(19)20)21-15(26)9-25-23-16(22-24-25)10-2-4-11(18)5-3-10/h2-8,17H,9H2,1H3,(H,21,26). The van der Waals surface area contributed by atoms with Crippen LogP contribution in [0.1, 0.15) is 0 Å². The molecule has 3 rings (SSSR count). The Morgan fingerprint density at radius 2 is 1.96 bits per heavy atom. The molecule has 0 atom stereocenters. The summed E-state index contributed by atoms with van der Waals surface area (Å²) in [7, 11) is 1.32. The van der Waals surface area contributed by atoms with Crippen LogP contribution in [0.15, 0.2) is 42.5 Å². The van der Waals surface area contributed by atoms with Gasteiger partial charge in [-0.15, -0.1) is 10.2 Å². The highest BCUT2D eigenvalue weighted by Gasteiger charge is 2.14. The van der Waals surface area contributed by atoms with Gasteiger partial charge in [-0.05, 0) is 41.6 Å². The van der Waals surface area contributed by atoms with Crippen molar-refractivity contribution >= 4 is 23.2 Å². The lowest BCUT2D eigenvalue weighted by Crippen LogP contribution is -2.20. The van der Waals surface area contributed by atoms with E-state index in [-0.39, 0.29) is 23.7 Å². The molecule has 0 radical (unpaired) electrons. The number of carbonyl (C=O) groups is 1. The topological polar surface area (TPSA) is 91.2 Å². The van der Waals surface area contributed by atoms with E-state index in [0.717, 1.165) is 4.80 Å². The fourth-order valence-electron chi connectivity index (χ4n) is 2.30. The zero-order valence-corrected chi connectivity index (χ0v) is 15.2. The molecular formula is C17H14ClF2N5O3. The summed E-state index contributed by atoms with van der Waals surface area (Å²) in [4.78, 5) is 13.3. The van der Waals surface area contributed by atoms with E-state index in [1.54, 1.807) is 24.3 Å². The van der Waals surface area contributed by atoms with Gasteiger partial charge in [0.2, 0.25) is 11.7 Å². The van der Waals surface area contributed by atoms with Gasteiger partial charge in [0, 0.05) is 22.3 Å². The first-order valence-electron chi connectivity index (χ1n) is 7.91. The molecule has 0 spiro atoms. The molecule has 1 amide bonds. The molecule has 1 N–H and O–H groups in total. The number of nitrogens with one attached hydrogen (secondary N) is 1. The van der Waals surface area contributed by atoms with E-state index in [1.165, 1.54) is 25.3 Å². The molecule has 11 heteroatoms. The van der Waals surface area contributed by atoms with Gasteiger partial charge in [0.15, 0.2) is 11.5 Å². The number of aromatic nitrogens is 4. The maximum atomic E-state index is 12.5. The molecule has 1 heterocycles. The number of alkyl halides is 2. The third kappa shape index (κ3) is 4.92. The summed E-state index contributed by atoms with van der Waals surface area (Å²) in [5.74, 6) is -0.224. The molecule has 1 aromatic heterocycles. The van der Waals surface area contributed by atoms with E-state index >= 15 is 0 Å². The van der Waals surface area contributed by atoms with Crippen molar-refractivity contribution in [3.05, 3.63) is 47.5 Å². The molecule has 146 valence electrons. The fraction of sp³-hybridized carbons (Fsp3) is 0.176. The number of amides is 1. The van der Waals surface area contributed by atoms with E-state index in [1.807, 2.05) is 0 Å². The summed E-state index contributed by atoms with van der Waals surface area (Å²) in [6, 6.07) is 11.0. The summed E-state index contributed by atoms with van der Waals surface area (Å²) in [6.45, 7) is -3.25. The van der Waals surface area contributed by atoms with E-state index in [9.17, 15) is 13.6 Å². The minimum atomic E-state index is -3.02. The lowest BCUT2D eigenvalue weighted by Gasteiger charge is -2.12. The lowest BCUT2D eigenvalue weighted by atomic mass is 10.2. The smallest absolute Gasteiger partial charge is 0.387 e. The molecule has 0 unspecified atom stereocenters. The second kappa shape index (κ2) is 8.61. The molecule has 0 fully saturated rings. The Morgan fingerprint density at radius 1 is 1.21 bits per heavy atom. The summed E-state index contributed by atoms with van der Waals surface area (Å²) in [5.41, 5.74) is 0.944. The number of methoxy groups -OCH3 is 1. The maximum Gasteiger partial charge on any atom is 0.387 e. The number of ether oxygens (including phenoxy) is 2. The number of nitrogens with zero attached hydrogens (tertiary/aromatic N) is 4. The normalized spacial score (nSPS) is 10.8. The Hall–Kier alpha value is -3.27. The van der Waals surface area contributed by atoms with E-state index in [2.05, 4.69) is 25.5 Å². The van der Waals surface area contributed by atoms with Crippen LogP contribution in [-0.4, -0.2) is 39.8 Å². The van der Waals surface area contributed by atoms with Crippen LogP contribution in [0.4, 0.5) is 14.5 Å². The number of halogens is 3. The van der Waals surface area contributed by atoms with Crippen molar-refractivity contribution in [3.63, 3.8) is 0 Å². The quantitative estimate of drug-likeness (QED) is 0.644. The van der Waals surface area contributed by atoms with Crippen molar-refractivity contribution in [3.8, 4) is 22.9 Å². The van der Waals surface area contributed by atoms with Gasteiger partial charge in [-0.1, -0.05) is 11.6 Å². The zero-order chi connectivity index (χ0) is 20.1. The first kappa shape index (κ1) is 19.5. The van der Waals surface area contributed by atoms with Gasteiger partial charge in [0.05, 0.1) is 7.11 Å². The van der Waals surface area contributed by atoms with Gasteiger partial charge in [-0.25, -0.2) is 0 Å². The number of hydrogen-bond acceptors (Lipinski definition) is 6. The molecular weight excluding hydrogens is 396 g/mol. The van der Waals surface area contributed by atoms with Gasteiger partial charge in [-0.3, -0.25) is 4.79 Å². The number of hydrogen-bond donors (Lipinski definition) is 1. The molecule has 0 saturated heterocycles. The van der Waals surface area contributed by atoms with Crippen molar-refractivity contribution in [1.82, 2.24) is 20.2 Å². The van der Waals surface area contributed by atoms with Gasteiger partial charge in [0.1, 0.15) is 6.54 Å². The highest BCUT2D eigenvalue weighted by Crippen LogP contribution is 2.31. The number of anilines is 1. The summed E-state index contributed by atoms with van der Waals surface area (Å²) in [5, 5.41) is 14.9. The Labute approximate surface area is 163 Å². The van der Waals surface area contributed by atoms with Gasteiger partial charge in [-0.2, -0.15) is 13.6 Å². The Kier molecular flexibility index (Phi) is 5.99. The summed E-state index contributed by atoms with van der Waals surface area (Å²) >= 11 is 5.84. The zero-order valence-electron chi connectivity index (χ0n) is 14.5. The Balaban J connectivity index is 1.66. The minimum Gasteiger partial charge on any atom is -0.493 e. The van der Waals surface area contributed by atoms with Crippen molar-refractivity contribution in [2.45, 2.75) is 13.2 Å². The molecule has 2 aromatic carbocycles. The second-order valence-corrected chi connectivity index (χ2v) is 5.88. The SMILES string of the molecule is COc1ccc(NC(=O)Cn2nnc(-c3ccc(Cl)cc3)n2)cc1OC(F)F. The van der Waals surface area contributed by atoms with Gasteiger partial charge in [0.25, 0.3) is 0 Å². The largest absolute Gasteiger partial charge is 0.493 e. The molecule has 0 saturated carbocycles. The number of benzene rings is 2. The molecule has 0 bridgehead atoms. The third-order valence-corrected chi connectivity index (χ3v) is 3.76. The number of carbonyl (C=O) groups excluding carboxylic acids is 1. The molecule has 8 nitrogen and oxygen atoms in total. The summed E-state index contributed by atoms with van der Waals surface area (Å²) < 4.78 is 34.3. The third-order valence-electron chi connectivity index (χ3n) is 3.50. The Bertz CT molecular complexity index is 966. The average molecular weight is 410 g/mol. The molecule has 28 heavy (non-hydrogen) atoms. The van der Waals surface area contributed by atoms with E-state index < -0.39 is 12.5 Å². The lowest BCUT2D eigenvalue weighted by molar-refractivity contribution is -0.117. The fourth-order valence-corrected chi connectivity index (χ4v) is 2.42. The number of rotatable bonds is 7. The average Bonchev–Trinajstić information content (AvgIpc) is 3.10. The van der Waals surface area contributed by atoms with Crippen LogP contribution in [0.2, 0.25) is 5.02 Å². The monoisotopic (exact) mass is 409 g/mol. The van der Waals surface area contributed by atoms with E-state index in [0.29, 0.717) is 16.4 Å². The van der Waals surface area contributed by atoms with Crippen molar-refractivity contribution < 1.29 is 23.0 Å². The van der Waals surface area contributed by atoms with Crippen LogP contribution >= 0.6 is 11.6 Å². The van der Waals surface area contributed by atoms with Crippen LogP contribution in [-0.2, 0) is 11.3 Å². The van der Waals surface area contributed by atoms with Crippen LogP contribution in [0, 0.1) is 0 Å². The Morgan fingerprint density at radius 3 is 2.64 bits per heavy atom. The second-order valence-electron chi connectivity index (χ2n) is 5.44. The maximum absolute atomic E-state index is 12.5. The number of tetrazole rings is 1. The first-order valence-corrected chi connectivity index (χ1v) is 8.29. The van der Waals surface area contributed by atoms with Crippen LogP contribution in [0.5, 0.6) is 11.5 Å². The van der Waals surface area contributed by atoms with Gasteiger partial charge >= 0.3 is 6.61 Å². The van der Waals surface area contributed by atoms with Crippen LogP contribution < -0.4 is 14.8 Å². The van der Waals surface area contributed by atoms with Crippen molar-refractivity contribution in [2.75, 3.05) is 12.4 Å².